The Morgan fingerprint density at radius 3 is 1.56 bits per heavy atom. The van der Waals surface area contributed by atoms with Gasteiger partial charge in [0.1, 0.15) is 0 Å². The number of pyridine rings is 4. The van der Waals surface area contributed by atoms with Crippen molar-refractivity contribution in [2.75, 3.05) is 7.05 Å². The number of carboxylic acid groups (broad SMARTS) is 2. The van der Waals surface area contributed by atoms with Crippen molar-refractivity contribution in [3.8, 4) is 44.3 Å². The summed E-state index contributed by atoms with van der Waals surface area (Å²) >= 11 is 1.73. The van der Waals surface area contributed by atoms with Crippen LogP contribution >= 0.6 is 11.3 Å². The second-order valence-electron chi connectivity index (χ2n) is 18.9. The number of aryl methyl sites for hydroxylation is 4. The summed E-state index contributed by atoms with van der Waals surface area (Å²) in [5, 5.41) is 39.3. The Bertz CT molecular complexity index is 4180. The molecule has 7 heterocycles. The van der Waals surface area contributed by atoms with Gasteiger partial charge in [-0.3, -0.25) is 31.7 Å². The van der Waals surface area contributed by atoms with E-state index in [0.29, 0.717) is 17.9 Å². The van der Waals surface area contributed by atoms with Gasteiger partial charge >= 0.3 is 11.9 Å². The van der Waals surface area contributed by atoms with Gasteiger partial charge in [-0.1, -0.05) is 90.0 Å². The number of carbonyl (C=O) groups excluding carboxylic acids is 1. The molecule has 0 saturated heterocycles. The number of ketones is 1. The number of aliphatic hydroxyl groups is 1. The zero-order valence-corrected chi connectivity index (χ0v) is 61.0. The Labute approximate surface area is 593 Å². The molecule has 490 valence electrons. The summed E-state index contributed by atoms with van der Waals surface area (Å²) < 4.78 is 56.4. The molecular formula is C69H59F4Ir4N9O6S-4. The van der Waals surface area contributed by atoms with Gasteiger partial charge in [0.15, 0.2) is 17.2 Å². The number of fused-ring (bicyclic) bond motifs is 2. The number of nitrogens with zero attached hydrogens (tertiary/aromatic N) is 8. The van der Waals surface area contributed by atoms with Crippen molar-refractivity contribution >= 4 is 49.9 Å². The van der Waals surface area contributed by atoms with E-state index >= 15 is 0 Å². The fraction of sp³-hybridized carbons (Fsp3) is 0.116. The minimum absolute atomic E-state index is 0. The minimum atomic E-state index is -0.983. The predicted molar refractivity (Wildman–Crippen MR) is 336 cm³/mol. The van der Waals surface area contributed by atoms with Crippen molar-refractivity contribution in [3.63, 3.8) is 0 Å². The van der Waals surface area contributed by atoms with Crippen LogP contribution in [0.5, 0.6) is 0 Å². The number of aliphatic hydroxyl groups excluding tert-OH is 1. The molecule has 0 aliphatic carbocycles. The molecule has 0 unspecified atom stereocenters. The van der Waals surface area contributed by atoms with Gasteiger partial charge < -0.3 is 40.6 Å². The molecule has 24 heteroatoms. The maximum absolute atomic E-state index is 13.5. The maximum Gasteiger partial charge on any atom is 0.356 e. The van der Waals surface area contributed by atoms with E-state index in [4.69, 9.17) is 15.3 Å². The van der Waals surface area contributed by atoms with Crippen molar-refractivity contribution < 1.29 is 128 Å². The van der Waals surface area contributed by atoms with Crippen LogP contribution in [0, 0.1) is 61.4 Å². The number of halogens is 4. The largest absolute Gasteiger partial charge is 0.512 e. The van der Waals surface area contributed by atoms with E-state index in [9.17, 15) is 31.9 Å². The molecule has 0 atom stereocenters. The number of aromatic nitrogens is 8. The smallest absolute Gasteiger partial charge is 0.356 e. The SMILES string of the molecule is CC(=O)C=C(C)O.CNCc1ccnc(-c2[c-]cc(F)cc2F)c1.Cc1cc(C(=O)O)nn1C.Cc1cc(C(=O)O)nn1C.Fc1c[c-]c(-c2ccccn2)c(F)c1.[Ir].[Ir].[Ir].[Ir].[c-]1c(-c2ccccn2)sc2ccccc12.[c-]1ccccc1-c1nccc2ccccc12. The summed E-state index contributed by atoms with van der Waals surface area (Å²) in [7, 11) is 5.24. The molecule has 0 bridgehead atoms. The molecule has 15 nitrogen and oxygen atoms in total. The zero-order chi connectivity index (χ0) is 64.4. The van der Waals surface area contributed by atoms with Gasteiger partial charge in [0, 0.05) is 172 Å². The van der Waals surface area contributed by atoms with Crippen LogP contribution in [-0.4, -0.2) is 79.6 Å². The second-order valence-corrected chi connectivity index (χ2v) is 19.9. The molecule has 0 fully saturated rings. The third kappa shape index (κ3) is 26.0. The van der Waals surface area contributed by atoms with Gasteiger partial charge in [-0.15, -0.1) is 83.7 Å². The van der Waals surface area contributed by atoms with Crippen LogP contribution in [0.15, 0.2) is 200 Å². The topological polar surface area (TPSA) is 211 Å². The third-order valence-corrected chi connectivity index (χ3v) is 13.1. The van der Waals surface area contributed by atoms with Gasteiger partial charge in [-0.25, -0.2) is 20.9 Å². The maximum atomic E-state index is 13.5. The third-order valence-electron chi connectivity index (χ3n) is 12.1. The monoisotopic (exact) mass is 1990 g/mol. The van der Waals surface area contributed by atoms with E-state index in [1.165, 1.54) is 62.3 Å². The first-order chi connectivity index (χ1) is 42.7. The standard InChI is InChI=1S/C15H10N.C13H11F2N2.C13H8NS.C11H6F2N.2C6H8N2O2.C5H8O2.4Ir/c1-2-7-13(8-3-1)15-14-9-5-4-6-12(14)10-11-16-15;1-16-8-9-4-5-17-13(6-9)11-3-2-10(14)7-12(11)15;1-2-7-12-10(5-1)9-13(15-12)11-6-3-4-8-14-11;12-8-4-5-9(10(13)7-8)11-3-1-2-6-14-11;2*1-4-3-5(6(9)10)7-8(4)2;1-4(6)3-5(2)7;;;;/h1-7,9-11H;2,4-7,16H,8H2,1H3;1-8H;1-4,6-7H;2*3H,1-2H3,(H,9,10);3,6H,1-2H3;;;;/q4*-1;;;;;;;. The Balaban J connectivity index is 0.000000373. The second kappa shape index (κ2) is 41.4. The normalized spacial score (nSPS) is 9.95. The van der Waals surface area contributed by atoms with Crippen molar-refractivity contribution in [2.45, 2.75) is 34.2 Å². The summed E-state index contributed by atoms with van der Waals surface area (Å²) in [4.78, 5) is 48.5. The van der Waals surface area contributed by atoms with Crippen LogP contribution in [-0.2, 0) is 106 Å². The van der Waals surface area contributed by atoms with Crippen molar-refractivity contribution in [1.82, 2.24) is 44.8 Å². The van der Waals surface area contributed by atoms with Gasteiger partial charge in [0.25, 0.3) is 0 Å². The molecule has 5 aromatic carbocycles. The van der Waals surface area contributed by atoms with Crippen molar-refractivity contribution in [3.05, 3.63) is 276 Å². The summed E-state index contributed by atoms with van der Waals surface area (Å²) in [6, 6.07) is 59.7. The fourth-order valence-electron chi connectivity index (χ4n) is 7.75. The number of aromatic carboxylic acids is 2. The molecule has 7 aromatic heterocycles. The van der Waals surface area contributed by atoms with Crippen LogP contribution < -0.4 is 5.32 Å². The molecule has 12 rings (SSSR count). The van der Waals surface area contributed by atoms with E-state index in [2.05, 4.69) is 90.0 Å². The number of hydrogen-bond acceptors (Lipinski definition) is 12. The molecule has 0 amide bonds. The average molecular weight is 1990 g/mol. The van der Waals surface area contributed by atoms with Crippen LogP contribution in [0.2, 0.25) is 0 Å². The predicted octanol–water partition coefficient (Wildman–Crippen LogP) is 14.7. The Morgan fingerprint density at radius 1 is 0.581 bits per heavy atom. The zero-order valence-electron chi connectivity index (χ0n) is 50.6. The number of rotatable bonds is 9. The Morgan fingerprint density at radius 2 is 1.10 bits per heavy atom. The molecule has 4 N–H and O–H groups in total. The molecule has 12 aromatic rings. The number of carboxylic acids is 2. The fourth-order valence-corrected chi connectivity index (χ4v) is 8.73. The van der Waals surface area contributed by atoms with Gasteiger partial charge in [0.2, 0.25) is 0 Å². The summed E-state index contributed by atoms with van der Waals surface area (Å²) in [6.45, 7) is 7.12. The van der Waals surface area contributed by atoms with Crippen LogP contribution in [0.4, 0.5) is 17.6 Å². The summed E-state index contributed by atoms with van der Waals surface area (Å²) in [6.07, 6.45) is 7.97. The van der Waals surface area contributed by atoms with Crippen LogP contribution in [0.3, 0.4) is 0 Å². The summed E-state index contributed by atoms with van der Waals surface area (Å²) in [5.41, 5.74) is 7.18. The van der Waals surface area contributed by atoms with Crippen LogP contribution in [0.25, 0.3) is 65.2 Å². The van der Waals surface area contributed by atoms with Gasteiger partial charge in [0.05, 0.1) is 5.76 Å². The van der Waals surface area contributed by atoms with E-state index in [1.54, 1.807) is 75.9 Å². The number of nitrogens with one attached hydrogen (secondary N) is 1. The molecule has 93 heavy (non-hydrogen) atoms. The molecule has 4 radical (unpaired) electrons. The van der Waals surface area contributed by atoms with Crippen molar-refractivity contribution in [1.29, 1.82) is 0 Å². The minimum Gasteiger partial charge on any atom is -0.512 e. The number of carbonyl (C=O) groups is 3. The Kier molecular flexibility index (Phi) is 36.0. The average Bonchev–Trinajstić information content (AvgIpc) is 1.59. The number of thiophene rings is 1. The molecule has 0 spiro atoms. The van der Waals surface area contributed by atoms with Crippen molar-refractivity contribution in [2.24, 2.45) is 14.1 Å². The number of hydrogen-bond donors (Lipinski definition) is 4. The van der Waals surface area contributed by atoms with Gasteiger partial charge in [-0.2, -0.15) is 10.2 Å². The molecule has 0 aliphatic rings. The molecular weight excluding hydrogens is 1930 g/mol. The van der Waals surface area contributed by atoms with Crippen LogP contribution in [0.1, 0.15) is 51.8 Å². The quantitative estimate of drug-likeness (QED) is 0.0459. The summed E-state index contributed by atoms with van der Waals surface area (Å²) in [5.74, 6) is -4.61. The van der Waals surface area contributed by atoms with E-state index in [1.807, 2.05) is 92.2 Å². The first-order valence-electron chi connectivity index (χ1n) is 26.9. The first kappa shape index (κ1) is 80.9. The number of allylic oxidation sites excluding steroid dienone is 2. The van der Waals surface area contributed by atoms with E-state index < -0.39 is 35.2 Å². The van der Waals surface area contributed by atoms with E-state index in [-0.39, 0.29) is 114 Å². The first-order valence-corrected chi connectivity index (χ1v) is 27.8. The van der Waals surface area contributed by atoms with E-state index in [0.717, 1.165) is 63.0 Å². The Hall–Kier alpha value is -8.23. The number of benzene rings is 5. The molecule has 0 saturated carbocycles. The van der Waals surface area contributed by atoms with Gasteiger partial charge in [-0.05, 0) is 114 Å². The molecule has 0 aliphatic heterocycles.